The van der Waals surface area contributed by atoms with Gasteiger partial charge in [0.1, 0.15) is 11.2 Å². The zero-order chi connectivity index (χ0) is 27.1. The molecule has 1 aliphatic carbocycles. The summed E-state index contributed by atoms with van der Waals surface area (Å²) in [6.07, 6.45) is -1.85. The van der Waals surface area contributed by atoms with Crippen LogP contribution in [0.4, 0.5) is 18.9 Å². The molecular formula is C25H22ClF3N6O2. The first-order chi connectivity index (χ1) is 17.3. The Labute approximate surface area is 215 Å². The minimum absolute atomic E-state index is 0.00322. The normalized spacial score (nSPS) is 15.0. The van der Waals surface area contributed by atoms with Crippen molar-refractivity contribution in [2.45, 2.75) is 45.3 Å². The van der Waals surface area contributed by atoms with Crippen LogP contribution < -0.4 is 10.6 Å². The Morgan fingerprint density at radius 1 is 1.16 bits per heavy atom. The van der Waals surface area contributed by atoms with Crippen LogP contribution in [-0.4, -0.2) is 32.1 Å². The second-order valence-corrected chi connectivity index (χ2v) is 9.55. The first-order valence-electron chi connectivity index (χ1n) is 11.3. The van der Waals surface area contributed by atoms with Gasteiger partial charge in [-0.2, -0.15) is 23.5 Å². The number of benzene rings is 1. The number of halogens is 4. The molecule has 192 valence electrons. The molecule has 1 saturated carbocycles. The third kappa shape index (κ3) is 5.29. The maximum atomic E-state index is 13.5. The summed E-state index contributed by atoms with van der Waals surface area (Å²) in [6.45, 7) is 4.82. The standard InChI is InChI=1S/C25H22ClF3N6O2/c1-13-5-4-8-31-21(13)35-18(11-19(34-35)25(27,28)29)23(37)32-20-14(2)9-16(26)10-17(20)22(36)33-24(3,12-30)15-6-7-15/h4-5,8-11,15H,6-7H2,1-3H3,(H,32,37)(H,33,36). The molecular weight excluding hydrogens is 509 g/mol. The number of rotatable bonds is 6. The highest BCUT2D eigenvalue weighted by atomic mass is 35.5. The van der Waals surface area contributed by atoms with E-state index in [1.54, 1.807) is 32.9 Å². The first-order valence-corrected chi connectivity index (χ1v) is 11.7. The molecule has 37 heavy (non-hydrogen) atoms. The minimum Gasteiger partial charge on any atom is -0.334 e. The number of nitrogens with one attached hydrogen (secondary N) is 2. The number of hydrogen-bond acceptors (Lipinski definition) is 5. The topological polar surface area (TPSA) is 113 Å². The zero-order valence-corrected chi connectivity index (χ0v) is 20.8. The third-order valence-corrected chi connectivity index (χ3v) is 6.42. The quantitative estimate of drug-likeness (QED) is 0.453. The van der Waals surface area contributed by atoms with Crippen molar-refractivity contribution in [2.75, 3.05) is 5.32 Å². The third-order valence-electron chi connectivity index (χ3n) is 6.20. The summed E-state index contributed by atoms with van der Waals surface area (Å²) >= 11 is 6.17. The summed E-state index contributed by atoms with van der Waals surface area (Å²) in [4.78, 5) is 30.6. The molecule has 0 spiro atoms. The van der Waals surface area contributed by atoms with Crippen molar-refractivity contribution in [2.24, 2.45) is 5.92 Å². The number of aromatic nitrogens is 3. The number of anilines is 1. The van der Waals surface area contributed by atoms with E-state index in [9.17, 15) is 28.0 Å². The molecule has 1 aromatic carbocycles. The lowest BCUT2D eigenvalue weighted by Crippen LogP contribution is -2.47. The minimum atomic E-state index is -4.81. The molecule has 0 bridgehead atoms. The highest BCUT2D eigenvalue weighted by Gasteiger charge is 2.43. The van der Waals surface area contributed by atoms with Crippen molar-refractivity contribution >= 4 is 29.1 Å². The lowest BCUT2D eigenvalue weighted by Gasteiger charge is -2.24. The first kappa shape index (κ1) is 26.2. The van der Waals surface area contributed by atoms with Gasteiger partial charge in [0.2, 0.25) is 0 Å². The molecule has 2 N–H and O–H groups in total. The van der Waals surface area contributed by atoms with E-state index in [4.69, 9.17) is 11.6 Å². The van der Waals surface area contributed by atoms with Gasteiger partial charge in [-0.3, -0.25) is 9.59 Å². The van der Waals surface area contributed by atoms with Crippen LogP contribution in [0.5, 0.6) is 0 Å². The van der Waals surface area contributed by atoms with Crippen LogP contribution in [0.3, 0.4) is 0 Å². The lowest BCUT2D eigenvalue weighted by molar-refractivity contribution is -0.141. The van der Waals surface area contributed by atoms with E-state index in [1.807, 2.05) is 0 Å². The van der Waals surface area contributed by atoms with Crippen molar-refractivity contribution in [3.05, 3.63) is 69.6 Å². The van der Waals surface area contributed by atoms with Crippen LogP contribution in [0, 0.1) is 31.1 Å². The second-order valence-electron chi connectivity index (χ2n) is 9.11. The lowest BCUT2D eigenvalue weighted by atomic mass is 9.96. The van der Waals surface area contributed by atoms with Crippen molar-refractivity contribution < 1.29 is 22.8 Å². The van der Waals surface area contributed by atoms with E-state index in [0.29, 0.717) is 17.2 Å². The Balaban J connectivity index is 1.75. The number of aryl methyl sites for hydroxylation is 2. The number of amides is 2. The number of nitriles is 1. The molecule has 0 radical (unpaired) electrons. The number of carbonyl (C=O) groups excluding carboxylic acids is 2. The fourth-order valence-corrected chi connectivity index (χ4v) is 4.27. The van der Waals surface area contributed by atoms with Gasteiger partial charge in [0.05, 0.1) is 17.3 Å². The highest BCUT2D eigenvalue weighted by molar-refractivity contribution is 6.31. The van der Waals surface area contributed by atoms with Gasteiger partial charge >= 0.3 is 6.18 Å². The zero-order valence-electron chi connectivity index (χ0n) is 20.1. The fraction of sp³-hybridized carbons (Fsp3) is 0.320. The molecule has 2 heterocycles. The Hall–Kier alpha value is -3.91. The van der Waals surface area contributed by atoms with E-state index in [-0.39, 0.29) is 28.0 Å². The van der Waals surface area contributed by atoms with Crippen molar-refractivity contribution in [3.8, 4) is 11.9 Å². The molecule has 8 nitrogen and oxygen atoms in total. The van der Waals surface area contributed by atoms with Gasteiger partial charge in [-0.1, -0.05) is 17.7 Å². The number of alkyl halides is 3. The molecule has 2 aromatic heterocycles. The fourth-order valence-electron chi connectivity index (χ4n) is 3.99. The van der Waals surface area contributed by atoms with Gasteiger partial charge in [-0.25, -0.2) is 9.67 Å². The van der Waals surface area contributed by atoms with Crippen molar-refractivity contribution in [3.63, 3.8) is 0 Å². The molecule has 0 aliphatic heterocycles. The molecule has 1 atom stereocenters. The van der Waals surface area contributed by atoms with Crippen LogP contribution in [0.2, 0.25) is 5.02 Å². The van der Waals surface area contributed by atoms with Gasteiger partial charge < -0.3 is 10.6 Å². The van der Waals surface area contributed by atoms with E-state index >= 15 is 0 Å². The Bertz CT molecular complexity index is 1440. The Morgan fingerprint density at radius 3 is 2.46 bits per heavy atom. The van der Waals surface area contributed by atoms with Gasteiger partial charge in [-0.05, 0) is 68.9 Å². The largest absolute Gasteiger partial charge is 0.435 e. The van der Waals surface area contributed by atoms with Crippen LogP contribution >= 0.6 is 11.6 Å². The van der Waals surface area contributed by atoms with E-state index in [2.05, 4.69) is 26.8 Å². The Morgan fingerprint density at radius 2 is 1.86 bits per heavy atom. The molecule has 0 saturated heterocycles. The maximum absolute atomic E-state index is 13.5. The molecule has 1 fully saturated rings. The molecule has 12 heteroatoms. The predicted octanol–water partition coefficient (Wildman–Crippen LogP) is 5.23. The summed E-state index contributed by atoms with van der Waals surface area (Å²) in [6, 6.07) is 8.80. The summed E-state index contributed by atoms with van der Waals surface area (Å²) in [7, 11) is 0. The number of carbonyl (C=O) groups is 2. The second kappa shape index (κ2) is 9.52. The Kier molecular flexibility index (Phi) is 6.73. The SMILES string of the molecule is Cc1cccnc1-n1nc(C(F)(F)F)cc1C(=O)Nc1c(C)cc(Cl)cc1C(=O)NC(C)(C#N)C1CC1. The van der Waals surface area contributed by atoms with Crippen LogP contribution in [-0.2, 0) is 6.18 Å². The molecule has 1 aliphatic rings. The smallest absolute Gasteiger partial charge is 0.334 e. The average Bonchev–Trinajstić information content (AvgIpc) is 3.59. The van der Waals surface area contributed by atoms with Gasteiger partial charge in [0, 0.05) is 17.3 Å². The summed E-state index contributed by atoms with van der Waals surface area (Å²) in [5.74, 6) is -1.56. The van der Waals surface area contributed by atoms with Crippen molar-refractivity contribution in [1.82, 2.24) is 20.1 Å². The van der Waals surface area contributed by atoms with Gasteiger partial charge in [-0.15, -0.1) is 0 Å². The maximum Gasteiger partial charge on any atom is 0.435 e. The number of pyridine rings is 1. The van der Waals surface area contributed by atoms with Gasteiger partial charge in [0.15, 0.2) is 11.5 Å². The van der Waals surface area contributed by atoms with E-state index < -0.39 is 34.9 Å². The predicted molar refractivity (Wildman–Crippen MR) is 129 cm³/mol. The highest BCUT2D eigenvalue weighted by Crippen LogP contribution is 2.39. The van der Waals surface area contributed by atoms with Crippen LogP contribution in [0.15, 0.2) is 36.5 Å². The van der Waals surface area contributed by atoms with Gasteiger partial charge in [0.25, 0.3) is 11.8 Å². The van der Waals surface area contributed by atoms with E-state index in [0.717, 1.165) is 17.5 Å². The summed E-state index contributed by atoms with van der Waals surface area (Å²) in [5.41, 5.74) is -1.93. The van der Waals surface area contributed by atoms with Crippen LogP contribution in [0.25, 0.3) is 5.82 Å². The molecule has 3 aromatic rings. The van der Waals surface area contributed by atoms with Crippen molar-refractivity contribution in [1.29, 1.82) is 5.26 Å². The molecule has 1 unspecified atom stereocenters. The monoisotopic (exact) mass is 530 g/mol. The average molecular weight is 531 g/mol. The number of nitrogens with zero attached hydrogens (tertiary/aromatic N) is 4. The summed E-state index contributed by atoms with van der Waals surface area (Å²) in [5, 5.41) is 18.7. The number of hydrogen-bond donors (Lipinski definition) is 2. The molecule has 2 amide bonds. The van der Waals surface area contributed by atoms with Crippen LogP contribution in [0.1, 0.15) is 57.4 Å². The van der Waals surface area contributed by atoms with E-state index in [1.165, 1.54) is 18.3 Å². The summed E-state index contributed by atoms with van der Waals surface area (Å²) < 4.78 is 41.3. The molecule has 4 rings (SSSR count).